The summed E-state index contributed by atoms with van der Waals surface area (Å²) < 4.78 is 0. The average molecular weight is 262 g/mol. The SMILES string of the molecule is CC1CC(C)CC(Nc2cc(C(N)=O)c(N)cn2)C1. The smallest absolute Gasteiger partial charge is 0.250 e. The topological polar surface area (TPSA) is 94.0 Å². The van der Waals surface area contributed by atoms with Crippen molar-refractivity contribution in [2.75, 3.05) is 11.1 Å². The Labute approximate surface area is 113 Å². The van der Waals surface area contributed by atoms with Crippen LogP contribution in [0.15, 0.2) is 12.3 Å². The fourth-order valence-electron chi connectivity index (χ4n) is 3.03. The van der Waals surface area contributed by atoms with Crippen molar-refractivity contribution in [3.05, 3.63) is 17.8 Å². The van der Waals surface area contributed by atoms with Crippen LogP contribution in [-0.2, 0) is 0 Å². The van der Waals surface area contributed by atoms with Crippen molar-refractivity contribution in [3.63, 3.8) is 0 Å². The van der Waals surface area contributed by atoms with Crippen molar-refractivity contribution in [1.29, 1.82) is 0 Å². The van der Waals surface area contributed by atoms with Gasteiger partial charge >= 0.3 is 0 Å². The fourth-order valence-corrected chi connectivity index (χ4v) is 3.03. The molecule has 1 aromatic rings. The Morgan fingerprint density at radius 2 is 1.95 bits per heavy atom. The van der Waals surface area contributed by atoms with E-state index in [1.54, 1.807) is 6.07 Å². The Morgan fingerprint density at radius 1 is 1.32 bits per heavy atom. The number of nitrogen functional groups attached to an aromatic ring is 1. The van der Waals surface area contributed by atoms with Gasteiger partial charge in [0.15, 0.2) is 0 Å². The highest BCUT2D eigenvalue weighted by atomic mass is 16.1. The van der Waals surface area contributed by atoms with Crippen LogP contribution >= 0.6 is 0 Å². The number of primary amides is 1. The van der Waals surface area contributed by atoms with Crippen molar-refractivity contribution in [3.8, 4) is 0 Å². The van der Waals surface area contributed by atoms with Crippen LogP contribution < -0.4 is 16.8 Å². The number of hydrogen-bond donors (Lipinski definition) is 3. The molecule has 1 aliphatic carbocycles. The molecule has 2 unspecified atom stereocenters. The van der Waals surface area contributed by atoms with E-state index in [1.807, 2.05) is 0 Å². The number of pyridine rings is 1. The van der Waals surface area contributed by atoms with Gasteiger partial charge in [-0.2, -0.15) is 0 Å². The molecule has 1 amide bonds. The lowest BCUT2D eigenvalue weighted by Gasteiger charge is -2.32. The number of carbonyl (C=O) groups is 1. The summed E-state index contributed by atoms with van der Waals surface area (Å²) in [6, 6.07) is 2.04. The Bertz CT molecular complexity index is 465. The van der Waals surface area contributed by atoms with E-state index in [1.165, 1.54) is 12.6 Å². The molecule has 5 N–H and O–H groups in total. The highest BCUT2D eigenvalue weighted by Crippen LogP contribution is 2.30. The molecule has 5 nitrogen and oxygen atoms in total. The van der Waals surface area contributed by atoms with Gasteiger partial charge in [-0.3, -0.25) is 4.79 Å². The number of nitrogens with zero attached hydrogens (tertiary/aromatic N) is 1. The maximum absolute atomic E-state index is 11.3. The zero-order valence-electron chi connectivity index (χ0n) is 11.5. The van der Waals surface area contributed by atoms with Crippen molar-refractivity contribution < 1.29 is 4.79 Å². The van der Waals surface area contributed by atoms with Gasteiger partial charge in [-0.05, 0) is 37.2 Å². The molecule has 1 fully saturated rings. The molecule has 0 aliphatic heterocycles. The minimum atomic E-state index is -0.520. The van der Waals surface area contributed by atoms with E-state index in [0.717, 1.165) is 12.8 Å². The highest BCUT2D eigenvalue weighted by molar-refractivity contribution is 5.98. The molecule has 5 heteroatoms. The van der Waals surface area contributed by atoms with Crippen LogP contribution in [0.1, 0.15) is 43.5 Å². The van der Waals surface area contributed by atoms with E-state index in [0.29, 0.717) is 34.9 Å². The first-order valence-corrected chi connectivity index (χ1v) is 6.77. The van der Waals surface area contributed by atoms with Gasteiger partial charge in [0.05, 0.1) is 17.4 Å². The Balaban J connectivity index is 2.10. The normalized spacial score (nSPS) is 26.9. The molecule has 1 aromatic heterocycles. The van der Waals surface area contributed by atoms with Crippen LogP contribution in [0.3, 0.4) is 0 Å². The van der Waals surface area contributed by atoms with Gasteiger partial charge in [-0.25, -0.2) is 4.98 Å². The van der Waals surface area contributed by atoms with Crippen LogP contribution in [0.4, 0.5) is 11.5 Å². The van der Waals surface area contributed by atoms with Gasteiger partial charge in [-0.15, -0.1) is 0 Å². The lowest BCUT2D eigenvalue weighted by molar-refractivity contribution is 0.100. The van der Waals surface area contributed by atoms with Crippen LogP contribution in [0, 0.1) is 11.8 Å². The van der Waals surface area contributed by atoms with Crippen LogP contribution in [-0.4, -0.2) is 16.9 Å². The largest absolute Gasteiger partial charge is 0.397 e. The summed E-state index contributed by atoms with van der Waals surface area (Å²) in [5.41, 5.74) is 11.6. The van der Waals surface area contributed by atoms with E-state index < -0.39 is 5.91 Å². The van der Waals surface area contributed by atoms with E-state index in [-0.39, 0.29) is 0 Å². The zero-order chi connectivity index (χ0) is 14.0. The molecule has 0 bridgehead atoms. The second-order valence-electron chi connectivity index (χ2n) is 5.78. The third-order valence-corrected chi connectivity index (χ3v) is 3.73. The molecule has 1 aliphatic rings. The lowest BCUT2D eigenvalue weighted by atomic mass is 9.80. The first kappa shape index (κ1) is 13.6. The van der Waals surface area contributed by atoms with Crippen molar-refractivity contribution in [2.24, 2.45) is 17.6 Å². The maximum Gasteiger partial charge on any atom is 0.250 e. The fraction of sp³-hybridized carbons (Fsp3) is 0.571. The van der Waals surface area contributed by atoms with Crippen LogP contribution in [0.5, 0.6) is 0 Å². The molecule has 0 spiro atoms. The lowest BCUT2D eigenvalue weighted by Crippen LogP contribution is -2.30. The second kappa shape index (κ2) is 5.47. The van der Waals surface area contributed by atoms with E-state index in [9.17, 15) is 4.79 Å². The summed E-state index contributed by atoms with van der Waals surface area (Å²) in [6.07, 6.45) is 5.02. The maximum atomic E-state index is 11.3. The minimum absolute atomic E-state index is 0.323. The Hall–Kier alpha value is -1.78. The molecule has 1 saturated carbocycles. The summed E-state index contributed by atoms with van der Waals surface area (Å²) in [5.74, 6) is 1.58. The number of aromatic nitrogens is 1. The molecule has 0 saturated heterocycles. The molecular formula is C14H22N4O. The predicted molar refractivity (Wildman–Crippen MR) is 76.8 cm³/mol. The number of nitrogens with one attached hydrogen (secondary N) is 1. The van der Waals surface area contributed by atoms with Crippen molar-refractivity contribution >= 4 is 17.4 Å². The number of carbonyl (C=O) groups excluding carboxylic acids is 1. The summed E-state index contributed by atoms with van der Waals surface area (Å²) in [7, 11) is 0. The minimum Gasteiger partial charge on any atom is -0.397 e. The van der Waals surface area contributed by atoms with Gasteiger partial charge in [0.1, 0.15) is 5.82 Å². The molecule has 19 heavy (non-hydrogen) atoms. The first-order chi connectivity index (χ1) is 8.95. The summed E-state index contributed by atoms with van der Waals surface area (Å²) in [6.45, 7) is 4.55. The zero-order valence-corrected chi connectivity index (χ0v) is 11.5. The number of amides is 1. The molecule has 2 rings (SSSR count). The van der Waals surface area contributed by atoms with Crippen molar-refractivity contribution in [2.45, 2.75) is 39.2 Å². The summed E-state index contributed by atoms with van der Waals surface area (Å²) in [4.78, 5) is 15.5. The van der Waals surface area contributed by atoms with Crippen LogP contribution in [0.25, 0.3) is 0 Å². The molecule has 0 radical (unpaired) electrons. The monoisotopic (exact) mass is 262 g/mol. The Kier molecular flexibility index (Phi) is 3.93. The quantitative estimate of drug-likeness (QED) is 0.776. The molecule has 104 valence electrons. The summed E-state index contributed by atoms with van der Waals surface area (Å²) >= 11 is 0. The number of nitrogens with two attached hydrogens (primary N) is 2. The van der Waals surface area contributed by atoms with Gasteiger partial charge in [-0.1, -0.05) is 13.8 Å². The Morgan fingerprint density at radius 3 is 2.53 bits per heavy atom. The molecule has 1 heterocycles. The van der Waals surface area contributed by atoms with Crippen LogP contribution in [0.2, 0.25) is 0 Å². The third kappa shape index (κ3) is 3.36. The predicted octanol–water partition coefficient (Wildman–Crippen LogP) is 2.00. The van der Waals surface area contributed by atoms with E-state index in [4.69, 9.17) is 11.5 Å². The second-order valence-corrected chi connectivity index (χ2v) is 5.78. The molecule has 0 aromatic carbocycles. The number of anilines is 2. The van der Waals surface area contributed by atoms with E-state index >= 15 is 0 Å². The number of hydrogen-bond acceptors (Lipinski definition) is 4. The molecule has 2 atom stereocenters. The standard InChI is InChI=1S/C14H22N4O/c1-8-3-9(2)5-10(4-8)18-13-6-11(14(16)19)12(15)7-17-13/h6-10H,3-5,15H2,1-2H3,(H2,16,19)(H,17,18). The van der Waals surface area contributed by atoms with E-state index in [2.05, 4.69) is 24.1 Å². The van der Waals surface area contributed by atoms with Crippen molar-refractivity contribution in [1.82, 2.24) is 4.98 Å². The first-order valence-electron chi connectivity index (χ1n) is 6.77. The number of rotatable bonds is 3. The van der Waals surface area contributed by atoms with Gasteiger partial charge in [0.2, 0.25) is 0 Å². The molecular weight excluding hydrogens is 240 g/mol. The average Bonchev–Trinajstić information content (AvgIpc) is 2.30. The summed E-state index contributed by atoms with van der Waals surface area (Å²) in [5, 5.41) is 3.39. The highest BCUT2D eigenvalue weighted by Gasteiger charge is 2.24. The third-order valence-electron chi connectivity index (χ3n) is 3.73. The van der Waals surface area contributed by atoms with Gasteiger partial charge in [0.25, 0.3) is 5.91 Å². The van der Waals surface area contributed by atoms with Gasteiger partial charge in [0, 0.05) is 6.04 Å². The van der Waals surface area contributed by atoms with Gasteiger partial charge < -0.3 is 16.8 Å².